The van der Waals surface area contributed by atoms with Gasteiger partial charge in [0.1, 0.15) is 5.65 Å². The van der Waals surface area contributed by atoms with Crippen molar-refractivity contribution in [3.8, 4) is 0 Å². The van der Waals surface area contributed by atoms with Crippen molar-refractivity contribution < 1.29 is 0 Å². The molecule has 0 saturated carbocycles. The molecule has 1 aromatic carbocycles. The fourth-order valence-corrected chi connectivity index (χ4v) is 3.92. The predicted molar refractivity (Wildman–Crippen MR) is 118 cm³/mol. The average Bonchev–Trinajstić information content (AvgIpc) is 3.17. The number of hydrogen-bond donors (Lipinski definition) is 1. The highest BCUT2D eigenvalue weighted by Crippen LogP contribution is 2.11. The first-order chi connectivity index (χ1) is 14.2. The first-order valence-corrected chi connectivity index (χ1v) is 10.4. The Morgan fingerprint density at radius 1 is 1.07 bits per heavy atom. The van der Waals surface area contributed by atoms with Crippen LogP contribution in [0.2, 0.25) is 0 Å². The molecule has 3 aromatic rings. The summed E-state index contributed by atoms with van der Waals surface area (Å²) in [5.41, 5.74) is 4.73. The van der Waals surface area contributed by atoms with Gasteiger partial charge in [0.2, 0.25) is 0 Å². The van der Waals surface area contributed by atoms with Gasteiger partial charge >= 0.3 is 0 Å². The standard InChI is InChI=1S/C23H30N6/c1-19-7-6-12-29-18-21(26-22(19)29)10-11-25-23(24-2)28-15-13-27(14-16-28)17-20-8-4-3-5-9-20/h3-9,12,18H,10-11,13-17H2,1-2H3,(H,24,25). The Morgan fingerprint density at radius 2 is 1.86 bits per heavy atom. The van der Waals surface area contributed by atoms with Gasteiger partial charge in [-0.1, -0.05) is 36.4 Å². The Balaban J connectivity index is 1.26. The molecule has 1 aliphatic heterocycles. The van der Waals surface area contributed by atoms with E-state index in [4.69, 9.17) is 4.98 Å². The van der Waals surface area contributed by atoms with Crippen molar-refractivity contribution in [2.45, 2.75) is 19.9 Å². The van der Waals surface area contributed by atoms with Crippen molar-refractivity contribution in [1.29, 1.82) is 0 Å². The van der Waals surface area contributed by atoms with Crippen LogP contribution in [0.5, 0.6) is 0 Å². The highest BCUT2D eigenvalue weighted by atomic mass is 15.3. The molecule has 29 heavy (non-hydrogen) atoms. The molecule has 1 saturated heterocycles. The van der Waals surface area contributed by atoms with E-state index in [-0.39, 0.29) is 0 Å². The molecule has 2 aromatic heterocycles. The van der Waals surface area contributed by atoms with Gasteiger partial charge in [0.15, 0.2) is 5.96 Å². The summed E-state index contributed by atoms with van der Waals surface area (Å²) in [6.07, 6.45) is 5.06. The molecule has 4 rings (SSSR count). The number of fused-ring (bicyclic) bond motifs is 1. The topological polar surface area (TPSA) is 48.2 Å². The van der Waals surface area contributed by atoms with Crippen molar-refractivity contribution in [2.24, 2.45) is 4.99 Å². The number of aryl methyl sites for hydroxylation is 1. The molecule has 6 nitrogen and oxygen atoms in total. The second-order valence-electron chi connectivity index (χ2n) is 7.63. The Labute approximate surface area is 172 Å². The second kappa shape index (κ2) is 9.09. The summed E-state index contributed by atoms with van der Waals surface area (Å²) in [4.78, 5) is 14.1. The van der Waals surface area contributed by atoms with E-state index in [0.29, 0.717) is 0 Å². The minimum atomic E-state index is 0.833. The summed E-state index contributed by atoms with van der Waals surface area (Å²) in [6.45, 7) is 8.07. The van der Waals surface area contributed by atoms with Crippen molar-refractivity contribution in [1.82, 2.24) is 24.5 Å². The zero-order valence-electron chi connectivity index (χ0n) is 17.4. The average molecular weight is 391 g/mol. The Kier molecular flexibility index (Phi) is 6.10. The van der Waals surface area contributed by atoms with Crippen molar-refractivity contribution in [3.63, 3.8) is 0 Å². The summed E-state index contributed by atoms with van der Waals surface area (Å²) in [7, 11) is 1.87. The fraction of sp³-hybridized carbons (Fsp3) is 0.391. The number of pyridine rings is 1. The van der Waals surface area contributed by atoms with Crippen LogP contribution in [0.1, 0.15) is 16.8 Å². The first kappa shape index (κ1) is 19.5. The molecule has 0 atom stereocenters. The maximum atomic E-state index is 4.76. The molecule has 1 aliphatic rings. The van der Waals surface area contributed by atoms with Crippen LogP contribution >= 0.6 is 0 Å². The van der Waals surface area contributed by atoms with E-state index in [1.807, 2.05) is 7.05 Å². The monoisotopic (exact) mass is 390 g/mol. The van der Waals surface area contributed by atoms with Crippen molar-refractivity contribution >= 4 is 11.6 Å². The van der Waals surface area contributed by atoms with Crippen LogP contribution in [0.4, 0.5) is 0 Å². The van der Waals surface area contributed by atoms with E-state index >= 15 is 0 Å². The second-order valence-corrected chi connectivity index (χ2v) is 7.63. The lowest BCUT2D eigenvalue weighted by molar-refractivity contribution is 0.172. The maximum Gasteiger partial charge on any atom is 0.193 e. The number of nitrogens with zero attached hydrogens (tertiary/aromatic N) is 5. The van der Waals surface area contributed by atoms with Gasteiger partial charge in [0.05, 0.1) is 5.69 Å². The van der Waals surface area contributed by atoms with Crippen LogP contribution in [0.25, 0.3) is 5.65 Å². The van der Waals surface area contributed by atoms with Gasteiger partial charge in [-0.2, -0.15) is 0 Å². The number of imidazole rings is 1. The molecule has 0 bridgehead atoms. The summed E-state index contributed by atoms with van der Waals surface area (Å²) in [5.74, 6) is 0.990. The molecule has 0 radical (unpaired) electrons. The molecule has 0 spiro atoms. The van der Waals surface area contributed by atoms with Crippen LogP contribution in [0, 0.1) is 6.92 Å². The van der Waals surface area contributed by atoms with Gasteiger partial charge in [-0.15, -0.1) is 0 Å². The Morgan fingerprint density at radius 3 is 2.59 bits per heavy atom. The van der Waals surface area contributed by atoms with E-state index in [0.717, 1.165) is 63.0 Å². The minimum absolute atomic E-state index is 0.833. The number of benzene rings is 1. The van der Waals surface area contributed by atoms with Gasteiger partial charge in [0.25, 0.3) is 0 Å². The molecular formula is C23H30N6. The number of guanidine groups is 1. The minimum Gasteiger partial charge on any atom is -0.356 e. The Hall–Kier alpha value is -2.86. The van der Waals surface area contributed by atoms with Crippen molar-refractivity contribution in [2.75, 3.05) is 39.8 Å². The van der Waals surface area contributed by atoms with Gasteiger partial charge < -0.3 is 14.6 Å². The molecule has 0 amide bonds. The SMILES string of the molecule is CN=C(NCCc1cn2cccc(C)c2n1)N1CCN(Cc2ccccc2)CC1. The van der Waals surface area contributed by atoms with Crippen LogP contribution in [-0.4, -0.2) is 64.9 Å². The lowest BCUT2D eigenvalue weighted by Crippen LogP contribution is -2.52. The quantitative estimate of drug-likeness (QED) is 0.537. The van der Waals surface area contributed by atoms with Crippen LogP contribution in [-0.2, 0) is 13.0 Å². The number of hydrogen-bond acceptors (Lipinski definition) is 3. The van der Waals surface area contributed by atoms with Crippen LogP contribution in [0.3, 0.4) is 0 Å². The highest BCUT2D eigenvalue weighted by Gasteiger charge is 2.19. The smallest absolute Gasteiger partial charge is 0.193 e. The molecule has 6 heteroatoms. The predicted octanol–water partition coefficient (Wildman–Crippen LogP) is 2.58. The summed E-state index contributed by atoms with van der Waals surface area (Å²) >= 11 is 0. The van der Waals surface area contributed by atoms with Gasteiger partial charge in [-0.3, -0.25) is 9.89 Å². The lowest BCUT2D eigenvalue weighted by atomic mass is 10.2. The number of rotatable bonds is 5. The number of piperazine rings is 1. The zero-order valence-corrected chi connectivity index (χ0v) is 17.4. The molecule has 0 unspecified atom stereocenters. The third-order valence-electron chi connectivity index (χ3n) is 5.52. The van der Waals surface area contributed by atoms with E-state index in [1.54, 1.807) is 0 Å². The van der Waals surface area contributed by atoms with Crippen LogP contribution in [0.15, 0.2) is 59.9 Å². The van der Waals surface area contributed by atoms with E-state index in [9.17, 15) is 0 Å². The summed E-state index contributed by atoms with van der Waals surface area (Å²) < 4.78 is 2.10. The molecule has 1 N–H and O–H groups in total. The van der Waals surface area contributed by atoms with Gasteiger partial charge in [0, 0.05) is 65.1 Å². The molecule has 1 fully saturated rings. The third-order valence-corrected chi connectivity index (χ3v) is 5.52. The largest absolute Gasteiger partial charge is 0.356 e. The summed E-state index contributed by atoms with van der Waals surface area (Å²) in [5, 5.41) is 3.52. The Bertz CT molecular complexity index is 954. The van der Waals surface area contributed by atoms with E-state index in [1.165, 1.54) is 11.1 Å². The zero-order chi connectivity index (χ0) is 20.1. The number of aromatic nitrogens is 2. The van der Waals surface area contributed by atoms with Crippen LogP contribution < -0.4 is 5.32 Å². The highest BCUT2D eigenvalue weighted by molar-refractivity contribution is 5.80. The molecular weight excluding hydrogens is 360 g/mol. The van der Waals surface area contributed by atoms with E-state index < -0.39 is 0 Å². The normalized spacial score (nSPS) is 15.8. The van der Waals surface area contributed by atoms with E-state index in [2.05, 4.69) is 86.3 Å². The maximum absolute atomic E-state index is 4.76. The fourth-order valence-electron chi connectivity index (χ4n) is 3.92. The first-order valence-electron chi connectivity index (χ1n) is 10.4. The third kappa shape index (κ3) is 4.77. The number of nitrogens with one attached hydrogen (secondary N) is 1. The van der Waals surface area contributed by atoms with Gasteiger partial charge in [-0.25, -0.2) is 4.98 Å². The molecule has 0 aliphatic carbocycles. The molecule has 3 heterocycles. The lowest BCUT2D eigenvalue weighted by Gasteiger charge is -2.36. The van der Waals surface area contributed by atoms with Gasteiger partial charge in [-0.05, 0) is 24.1 Å². The molecule has 152 valence electrons. The van der Waals surface area contributed by atoms with Crippen molar-refractivity contribution in [3.05, 3.63) is 71.7 Å². The number of aliphatic imine (C=N–C) groups is 1. The summed E-state index contributed by atoms with van der Waals surface area (Å²) in [6, 6.07) is 14.9.